The summed E-state index contributed by atoms with van der Waals surface area (Å²) in [6, 6.07) is 19.0. The monoisotopic (exact) mass is 370 g/mol. The van der Waals surface area contributed by atoms with Gasteiger partial charge in [-0.15, -0.1) is 0 Å². The molecule has 0 amide bonds. The zero-order chi connectivity index (χ0) is 18.1. The van der Waals surface area contributed by atoms with Gasteiger partial charge >= 0.3 is 0 Å². The van der Waals surface area contributed by atoms with Crippen molar-refractivity contribution in [1.29, 1.82) is 0 Å². The Bertz CT molecular complexity index is 1020. The van der Waals surface area contributed by atoms with Gasteiger partial charge in [-0.3, -0.25) is 0 Å². The molecular weight excluding hydrogens is 358 g/mol. The molecule has 0 saturated carbocycles. The number of aromatic nitrogens is 1. The zero-order valence-electron chi connectivity index (χ0n) is 13.4. The number of halogens is 1. The van der Waals surface area contributed by atoms with E-state index in [-0.39, 0.29) is 0 Å². The van der Waals surface area contributed by atoms with Crippen molar-refractivity contribution in [3.8, 4) is 0 Å². The predicted octanol–water partition coefficient (Wildman–Crippen LogP) is -0.566. The molecule has 2 heterocycles. The molecular formula is C18H13ClN3O4+. The van der Waals surface area contributed by atoms with Crippen molar-refractivity contribution in [3.63, 3.8) is 0 Å². The van der Waals surface area contributed by atoms with E-state index in [0.29, 0.717) is 11.4 Å². The SMILES string of the molecule is [O-][Cl+3]([O-])([O-])ON1C=NC(=Cc2ccccc2)c2cc3ccccc3c[n+]21. The Balaban J connectivity index is 1.87. The van der Waals surface area contributed by atoms with Gasteiger partial charge in [-0.05, 0) is 27.8 Å². The lowest BCUT2D eigenvalue weighted by molar-refractivity contribution is -1.92. The molecule has 1 aromatic heterocycles. The topological polar surface area (TPSA) is 97.9 Å². The van der Waals surface area contributed by atoms with Gasteiger partial charge in [0.05, 0.1) is 0 Å². The van der Waals surface area contributed by atoms with Gasteiger partial charge in [0, 0.05) is 11.5 Å². The number of aliphatic imine (C=N–C) groups is 1. The van der Waals surface area contributed by atoms with E-state index in [9.17, 15) is 14.0 Å². The lowest BCUT2D eigenvalue weighted by Crippen LogP contribution is -2.70. The molecule has 1 aliphatic heterocycles. The maximum absolute atomic E-state index is 11.0. The van der Waals surface area contributed by atoms with Crippen LogP contribution >= 0.6 is 0 Å². The van der Waals surface area contributed by atoms with E-state index in [1.807, 2.05) is 66.7 Å². The summed E-state index contributed by atoms with van der Waals surface area (Å²) in [4.78, 5) is 4.25. The van der Waals surface area contributed by atoms with E-state index in [4.69, 9.17) is 0 Å². The number of pyridine rings is 1. The normalized spacial score (nSPS) is 15.5. The number of rotatable bonds is 3. The molecule has 8 heteroatoms. The second-order valence-electron chi connectivity index (χ2n) is 5.57. The van der Waals surface area contributed by atoms with E-state index in [2.05, 4.69) is 9.38 Å². The van der Waals surface area contributed by atoms with E-state index in [1.54, 1.807) is 6.20 Å². The fraction of sp³-hybridized carbons (Fsp3) is 0. The molecule has 2 aromatic carbocycles. The molecule has 4 rings (SSSR count). The third kappa shape index (κ3) is 3.43. The van der Waals surface area contributed by atoms with Crippen LogP contribution in [0.4, 0.5) is 0 Å². The molecule has 0 bridgehead atoms. The molecule has 26 heavy (non-hydrogen) atoms. The van der Waals surface area contributed by atoms with Crippen LogP contribution in [0.2, 0.25) is 0 Å². The Hall–Kier alpha value is -2.81. The molecule has 3 aromatic rings. The van der Waals surface area contributed by atoms with Crippen LogP contribution in [0.1, 0.15) is 11.3 Å². The van der Waals surface area contributed by atoms with Crippen molar-refractivity contribution in [1.82, 2.24) is 0 Å². The maximum atomic E-state index is 11.0. The fourth-order valence-corrected chi connectivity index (χ4v) is 2.99. The smallest absolute Gasteiger partial charge is 0.223 e. The highest BCUT2D eigenvalue weighted by Gasteiger charge is 2.38. The van der Waals surface area contributed by atoms with Crippen LogP contribution in [-0.4, -0.2) is 6.34 Å². The van der Waals surface area contributed by atoms with Crippen LogP contribution in [0, 0.1) is 10.2 Å². The van der Waals surface area contributed by atoms with Crippen molar-refractivity contribution < 1.29 is 33.3 Å². The fourth-order valence-electron chi connectivity index (χ4n) is 2.72. The van der Waals surface area contributed by atoms with Crippen molar-refractivity contribution in [3.05, 3.63) is 78.1 Å². The second kappa shape index (κ2) is 6.49. The molecule has 130 valence electrons. The summed E-state index contributed by atoms with van der Waals surface area (Å²) in [6.07, 6.45) is 4.67. The van der Waals surface area contributed by atoms with Gasteiger partial charge in [0.25, 0.3) is 10.1 Å². The van der Waals surface area contributed by atoms with E-state index < -0.39 is 10.2 Å². The average Bonchev–Trinajstić information content (AvgIpc) is 2.62. The lowest BCUT2D eigenvalue weighted by atomic mass is 10.1. The molecule has 7 nitrogen and oxygen atoms in total. The number of hydroxylamine groups is 1. The molecule has 0 aliphatic carbocycles. The Morgan fingerprint density at radius 2 is 1.65 bits per heavy atom. The van der Waals surface area contributed by atoms with Gasteiger partial charge < -0.3 is 0 Å². The molecule has 0 fully saturated rings. The minimum atomic E-state index is -4.66. The number of benzene rings is 2. The first-order chi connectivity index (χ1) is 12.5. The predicted molar refractivity (Wildman–Crippen MR) is 86.3 cm³/mol. The average molecular weight is 371 g/mol. The van der Waals surface area contributed by atoms with Crippen molar-refractivity contribution in [2.45, 2.75) is 0 Å². The standard InChI is InChI=1S/C18H13ClN3O4/c23-19(24,25)26-22-13-20-17(10-14-6-2-1-3-7-14)18-11-15-8-4-5-9-16(15)12-21(18)22/h1-13H/q+1. The third-order valence-corrected chi connectivity index (χ3v) is 4.14. The number of hydrogen-bond donors (Lipinski definition) is 0. The quantitative estimate of drug-likeness (QED) is 0.575. The summed E-state index contributed by atoms with van der Waals surface area (Å²) in [6.45, 7) is 0. The number of nitrogens with zero attached hydrogens (tertiary/aromatic N) is 3. The molecule has 0 spiro atoms. The first-order valence-electron chi connectivity index (χ1n) is 7.65. The molecule has 1 aliphatic rings. The van der Waals surface area contributed by atoms with E-state index >= 15 is 0 Å². The molecule has 0 saturated heterocycles. The Morgan fingerprint density at radius 1 is 0.962 bits per heavy atom. The van der Waals surface area contributed by atoms with Gasteiger partial charge in [0.1, 0.15) is 21.1 Å². The van der Waals surface area contributed by atoms with Crippen LogP contribution in [-0.2, 0) is 4.39 Å². The highest BCUT2D eigenvalue weighted by molar-refractivity contribution is 5.89. The number of hydrogen-bond acceptors (Lipinski definition) is 6. The van der Waals surface area contributed by atoms with Gasteiger partial charge in [-0.1, -0.05) is 48.5 Å². The summed E-state index contributed by atoms with van der Waals surface area (Å²) in [5.74, 6) is 0. The molecule has 0 radical (unpaired) electrons. The molecule has 0 N–H and O–H groups in total. The van der Waals surface area contributed by atoms with Gasteiger partial charge in [0.2, 0.25) is 12.5 Å². The van der Waals surface area contributed by atoms with Crippen LogP contribution in [0.5, 0.6) is 0 Å². The van der Waals surface area contributed by atoms with Crippen LogP contribution < -0.4 is 23.8 Å². The van der Waals surface area contributed by atoms with Crippen molar-refractivity contribution in [2.24, 2.45) is 4.99 Å². The van der Waals surface area contributed by atoms with E-state index in [0.717, 1.165) is 27.8 Å². The maximum Gasteiger partial charge on any atom is 0.268 e. The van der Waals surface area contributed by atoms with Gasteiger partial charge in [-0.2, -0.15) is 14.0 Å². The second-order valence-corrected chi connectivity index (χ2v) is 6.46. The minimum Gasteiger partial charge on any atom is -0.223 e. The number of fused-ring (bicyclic) bond motifs is 2. The van der Waals surface area contributed by atoms with Crippen molar-refractivity contribution >= 4 is 28.9 Å². The Morgan fingerprint density at radius 3 is 2.38 bits per heavy atom. The highest BCUT2D eigenvalue weighted by Crippen LogP contribution is 2.23. The summed E-state index contributed by atoms with van der Waals surface area (Å²) >= 11 is 0. The first kappa shape index (κ1) is 16.6. The summed E-state index contributed by atoms with van der Waals surface area (Å²) < 4.78 is 38.9. The molecule has 0 unspecified atom stereocenters. The molecule has 0 atom stereocenters. The highest BCUT2D eigenvalue weighted by atomic mass is 35.7. The van der Waals surface area contributed by atoms with Crippen LogP contribution in [0.3, 0.4) is 0 Å². The largest absolute Gasteiger partial charge is 0.268 e. The van der Waals surface area contributed by atoms with Crippen LogP contribution in [0.25, 0.3) is 22.5 Å². The first-order valence-corrected chi connectivity index (χ1v) is 8.89. The van der Waals surface area contributed by atoms with Crippen molar-refractivity contribution in [2.75, 3.05) is 5.17 Å². The van der Waals surface area contributed by atoms with Gasteiger partial charge in [0.15, 0.2) is 0 Å². The van der Waals surface area contributed by atoms with Crippen LogP contribution in [0.15, 0.2) is 71.9 Å². The zero-order valence-corrected chi connectivity index (χ0v) is 14.1. The summed E-state index contributed by atoms with van der Waals surface area (Å²) in [7, 11) is -4.66. The Labute approximate surface area is 151 Å². The van der Waals surface area contributed by atoms with E-state index in [1.165, 1.54) is 4.68 Å². The summed E-state index contributed by atoms with van der Waals surface area (Å²) in [5, 5.41) is 2.57. The summed E-state index contributed by atoms with van der Waals surface area (Å²) in [5.41, 5.74) is 2.11. The van der Waals surface area contributed by atoms with Gasteiger partial charge in [-0.25, -0.2) is 4.99 Å². The minimum absolute atomic E-state index is 0.578. The third-order valence-electron chi connectivity index (χ3n) is 3.82. The Kier molecular flexibility index (Phi) is 4.15. The lowest BCUT2D eigenvalue weighted by Gasteiger charge is -2.17.